The molecule has 140 valence electrons. The van der Waals surface area contributed by atoms with Gasteiger partial charge in [-0.25, -0.2) is 4.79 Å². The second-order valence-corrected chi connectivity index (χ2v) is 7.73. The van der Waals surface area contributed by atoms with Crippen molar-refractivity contribution in [3.63, 3.8) is 0 Å². The summed E-state index contributed by atoms with van der Waals surface area (Å²) < 4.78 is 44.5. The van der Waals surface area contributed by atoms with Crippen LogP contribution in [0.5, 0.6) is 5.75 Å². The van der Waals surface area contributed by atoms with Gasteiger partial charge in [-0.05, 0) is 52.8 Å². The zero-order valence-corrected chi connectivity index (χ0v) is 14.8. The van der Waals surface area contributed by atoms with Crippen LogP contribution in [0.25, 0.3) is 0 Å². The van der Waals surface area contributed by atoms with E-state index in [1.54, 1.807) is 34.6 Å². The van der Waals surface area contributed by atoms with E-state index in [4.69, 9.17) is 4.74 Å². The van der Waals surface area contributed by atoms with E-state index in [0.29, 0.717) is 0 Å². The molecule has 1 aliphatic rings. The van der Waals surface area contributed by atoms with Gasteiger partial charge in [-0.3, -0.25) is 0 Å². The normalized spacial score (nSPS) is 22.6. The number of fused-ring (bicyclic) bond motifs is 1. The number of carbonyl (C=O) groups excluding carboxylic acids is 1. The molecule has 0 aliphatic carbocycles. The van der Waals surface area contributed by atoms with Gasteiger partial charge in [-0.15, -0.1) is 0 Å². The van der Waals surface area contributed by atoms with E-state index >= 15 is 0 Å². The Morgan fingerprint density at radius 2 is 1.84 bits per heavy atom. The maximum absolute atomic E-state index is 12.9. The lowest BCUT2D eigenvalue weighted by Gasteiger charge is -2.43. The number of ether oxygens (including phenoxy) is 1. The molecule has 0 fully saturated rings. The molecule has 2 atom stereocenters. The maximum atomic E-state index is 12.9. The lowest BCUT2D eigenvalue weighted by molar-refractivity contribution is -0.137. The predicted octanol–water partition coefficient (Wildman–Crippen LogP) is 3.38. The standard InChI is InChI=1S/C17H23F3N2O3/c1-15(2,3)22-14(24)21-13-12(23)10-8-9(17(18,19)20)6-7-11(10)25-16(13,4)5/h6-8,12-13,23H,1-5H3,(H2,21,22,24)/t12-,13+/m1/s1. The molecule has 0 radical (unpaired) electrons. The first-order chi connectivity index (χ1) is 11.2. The van der Waals surface area contributed by atoms with Crippen molar-refractivity contribution < 1.29 is 27.8 Å². The molecular weight excluding hydrogens is 337 g/mol. The Kier molecular flexibility index (Phi) is 4.71. The summed E-state index contributed by atoms with van der Waals surface area (Å²) in [6.07, 6.45) is -5.87. The SMILES string of the molecule is CC(C)(C)NC(=O)N[C@H]1[C@H](O)c2cc(C(F)(F)F)ccc2OC1(C)C. The molecule has 0 unspecified atom stereocenters. The minimum Gasteiger partial charge on any atom is -0.485 e. The molecule has 8 heteroatoms. The van der Waals surface area contributed by atoms with Gasteiger partial charge in [0.25, 0.3) is 0 Å². The third-order valence-electron chi connectivity index (χ3n) is 3.87. The van der Waals surface area contributed by atoms with E-state index in [0.717, 1.165) is 12.1 Å². The van der Waals surface area contributed by atoms with Gasteiger partial charge < -0.3 is 20.5 Å². The van der Waals surface area contributed by atoms with Crippen molar-refractivity contribution in [2.24, 2.45) is 0 Å². The Labute approximate surface area is 144 Å². The van der Waals surface area contributed by atoms with Gasteiger partial charge in [0, 0.05) is 11.1 Å². The fourth-order valence-corrected chi connectivity index (χ4v) is 2.73. The summed E-state index contributed by atoms with van der Waals surface area (Å²) in [5.41, 5.74) is -2.40. The third-order valence-corrected chi connectivity index (χ3v) is 3.87. The van der Waals surface area contributed by atoms with Gasteiger partial charge in [0.1, 0.15) is 17.5 Å². The van der Waals surface area contributed by atoms with Crippen LogP contribution in [0.15, 0.2) is 18.2 Å². The molecule has 3 N–H and O–H groups in total. The molecule has 1 aromatic rings. The number of halogens is 3. The van der Waals surface area contributed by atoms with Crippen molar-refractivity contribution in [2.45, 2.75) is 64.1 Å². The highest BCUT2D eigenvalue weighted by Gasteiger charge is 2.45. The Hall–Kier alpha value is -1.96. The van der Waals surface area contributed by atoms with Gasteiger partial charge in [-0.1, -0.05) is 0 Å². The maximum Gasteiger partial charge on any atom is 0.416 e. The number of amides is 2. The molecule has 1 aliphatic heterocycles. The van der Waals surface area contributed by atoms with Crippen LogP contribution in [-0.2, 0) is 6.18 Å². The zero-order chi connectivity index (χ0) is 19.2. The van der Waals surface area contributed by atoms with Crippen molar-refractivity contribution in [1.82, 2.24) is 10.6 Å². The summed E-state index contributed by atoms with van der Waals surface area (Å²) in [5, 5.41) is 15.9. The van der Waals surface area contributed by atoms with Gasteiger partial charge in [-0.2, -0.15) is 13.2 Å². The van der Waals surface area contributed by atoms with E-state index in [-0.39, 0.29) is 11.3 Å². The van der Waals surface area contributed by atoms with Crippen molar-refractivity contribution in [2.75, 3.05) is 0 Å². The van der Waals surface area contributed by atoms with E-state index in [9.17, 15) is 23.1 Å². The lowest BCUT2D eigenvalue weighted by Crippen LogP contribution is -2.61. The summed E-state index contributed by atoms with van der Waals surface area (Å²) >= 11 is 0. The molecule has 0 saturated carbocycles. The van der Waals surface area contributed by atoms with Gasteiger partial charge in [0.15, 0.2) is 0 Å². The number of alkyl halides is 3. The van der Waals surface area contributed by atoms with Crippen molar-refractivity contribution >= 4 is 6.03 Å². The molecule has 1 heterocycles. The highest BCUT2D eigenvalue weighted by atomic mass is 19.4. The molecule has 1 aromatic carbocycles. The first-order valence-corrected chi connectivity index (χ1v) is 7.87. The summed E-state index contributed by atoms with van der Waals surface area (Å²) in [5.74, 6) is 0.166. The van der Waals surface area contributed by atoms with Crippen LogP contribution < -0.4 is 15.4 Å². The predicted molar refractivity (Wildman–Crippen MR) is 86.3 cm³/mol. The van der Waals surface area contributed by atoms with Crippen molar-refractivity contribution in [1.29, 1.82) is 0 Å². The van der Waals surface area contributed by atoms with Crippen molar-refractivity contribution in [3.05, 3.63) is 29.3 Å². The third kappa shape index (κ3) is 4.36. The summed E-state index contributed by atoms with van der Waals surface area (Å²) in [7, 11) is 0. The number of hydrogen-bond donors (Lipinski definition) is 3. The Morgan fingerprint density at radius 1 is 1.24 bits per heavy atom. The largest absolute Gasteiger partial charge is 0.485 e. The first kappa shape index (κ1) is 19.4. The molecule has 0 saturated heterocycles. The average molecular weight is 360 g/mol. The topological polar surface area (TPSA) is 70.6 Å². The number of carbonyl (C=O) groups is 1. The Morgan fingerprint density at radius 3 is 2.36 bits per heavy atom. The first-order valence-electron chi connectivity index (χ1n) is 7.87. The van der Waals surface area contributed by atoms with Gasteiger partial charge >= 0.3 is 12.2 Å². The van der Waals surface area contributed by atoms with E-state index < -0.39 is 41.1 Å². The van der Waals surface area contributed by atoms with Crippen LogP contribution in [0.4, 0.5) is 18.0 Å². The monoisotopic (exact) mass is 360 g/mol. The number of rotatable bonds is 1. The minimum absolute atomic E-state index is 0.00444. The quantitative estimate of drug-likeness (QED) is 0.719. The molecule has 0 spiro atoms. The highest BCUT2D eigenvalue weighted by Crippen LogP contribution is 2.42. The lowest BCUT2D eigenvalue weighted by atomic mass is 9.85. The molecule has 25 heavy (non-hydrogen) atoms. The summed E-state index contributed by atoms with van der Waals surface area (Å²) in [6, 6.07) is 1.48. The smallest absolute Gasteiger partial charge is 0.416 e. The Bertz CT molecular complexity index is 666. The van der Waals surface area contributed by atoms with Crippen LogP contribution in [0, 0.1) is 0 Å². The fourth-order valence-electron chi connectivity index (χ4n) is 2.73. The number of benzene rings is 1. The molecule has 0 bridgehead atoms. The highest BCUT2D eigenvalue weighted by molar-refractivity contribution is 5.75. The number of nitrogens with one attached hydrogen (secondary N) is 2. The second kappa shape index (κ2) is 6.09. The van der Waals surface area contributed by atoms with E-state index in [1.165, 1.54) is 6.07 Å². The average Bonchev–Trinajstić information content (AvgIpc) is 2.39. The Balaban J connectivity index is 2.33. The number of aliphatic hydroxyl groups is 1. The van der Waals surface area contributed by atoms with Crippen LogP contribution in [0.3, 0.4) is 0 Å². The number of urea groups is 1. The van der Waals surface area contributed by atoms with Crippen LogP contribution >= 0.6 is 0 Å². The van der Waals surface area contributed by atoms with Crippen LogP contribution in [0.1, 0.15) is 51.8 Å². The summed E-state index contributed by atoms with van der Waals surface area (Å²) in [6.45, 7) is 8.67. The van der Waals surface area contributed by atoms with E-state index in [1.807, 2.05) is 0 Å². The summed E-state index contributed by atoms with van der Waals surface area (Å²) in [4.78, 5) is 12.1. The van der Waals surface area contributed by atoms with Crippen LogP contribution in [-0.4, -0.2) is 28.3 Å². The van der Waals surface area contributed by atoms with E-state index in [2.05, 4.69) is 10.6 Å². The molecule has 2 amide bonds. The molecule has 0 aromatic heterocycles. The minimum atomic E-state index is -4.53. The van der Waals surface area contributed by atoms with Gasteiger partial charge in [0.05, 0.1) is 11.6 Å². The number of hydrogen-bond acceptors (Lipinski definition) is 3. The molecule has 5 nitrogen and oxygen atoms in total. The van der Waals surface area contributed by atoms with Crippen LogP contribution in [0.2, 0.25) is 0 Å². The van der Waals surface area contributed by atoms with Gasteiger partial charge in [0.2, 0.25) is 0 Å². The number of aliphatic hydroxyl groups excluding tert-OH is 1. The second-order valence-electron chi connectivity index (χ2n) is 7.73. The molecule has 2 rings (SSSR count). The zero-order valence-electron chi connectivity index (χ0n) is 14.8. The fraction of sp³-hybridized carbons (Fsp3) is 0.588. The van der Waals surface area contributed by atoms with Crippen molar-refractivity contribution in [3.8, 4) is 5.75 Å². The molecular formula is C17H23F3N2O3.